The van der Waals surface area contributed by atoms with E-state index in [2.05, 4.69) is 9.97 Å². The first-order valence-electron chi connectivity index (χ1n) is 10.5. The molecule has 4 atom stereocenters. The third-order valence-electron chi connectivity index (χ3n) is 5.26. The molecule has 0 bridgehead atoms. The van der Waals surface area contributed by atoms with Crippen LogP contribution in [-0.2, 0) is 30.3 Å². The maximum absolute atomic E-state index is 13.4. The smallest absolute Gasteiger partial charge is 0.332 e. The highest BCUT2D eigenvalue weighted by Crippen LogP contribution is 2.35. The van der Waals surface area contributed by atoms with Gasteiger partial charge in [-0.15, -0.1) is 0 Å². The third kappa shape index (κ3) is 4.71. The van der Waals surface area contributed by atoms with Gasteiger partial charge in [0.2, 0.25) is 5.95 Å². The fourth-order valence-electron chi connectivity index (χ4n) is 3.92. The van der Waals surface area contributed by atoms with E-state index >= 15 is 0 Å². The van der Waals surface area contributed by atoms with E-state index in [0.29, 0.717) is 24.1 Å². The molecule has 1 aliphatic heterocycles. The van der Waals surface area contributed by atoms with Crippen molar-refractivity contribution in [2.75, 3.05) is 5.73 Å². The van der Waals surface area contributed by atoms with Crippen molar-refractivity contribution >= 4 is 29.1 Å². The number of unbranched alkanes of at least 4 members (excludes halogenated alkanes) is 1. The molecule has 0 amide bonds. The van der Waals surface area contributed by atoms with Crippen LogP contribution in [0.3, 0.4) is 0 Å². The number of carbonyl (C=O) groups is 2. The maximum Gasteiger partial charge on any atom is 0.332 e. The number of anilines is 1. The number of rotatable bonds is 8. The first-order chi connectivity index (χ1) is 14.8. The first-order valence-corrected chi connectivity index (χ1v) is 10.5. The average Bonchev–Trinajstić information content (AvgIpc) is 3.21. The standard InChI is InChI=1S/C20H29N5O6/c1-5-7-8-24-13-10-22-19(21)23-17(13)25(20(24)28)18-16(30-12(4)27)9-15(31-18)14(6-2)29-11(3)26/h10,14-16,18H,5-9H2,1-4H3,(H2,21,22,23)/t14-,15-,16+,18+/m0/s1. The van der Waals surface area contributed by atoms with E-state index in [9.17, 15) is 14.4 Å². The molecule has 170 valence electrons. The average molecular weight is 435 g/mol. The lowest BCUT2D eigenvalue weighted by Gasteiger charge is -2.22. The minimum Gasteiger partial charge on any atom is -0.460 e. The van der Waals surface area contributed by atoms with Crippen LogP contribution in [0.25, 0.3) is 11.2 Å². The third-order valence-corrected chi connectivity index (χ3v) is 5.26. The number of nitrogens with two attached hydrogens (primary N) is 1. The fourth-order valence-corrected chi connectivity index (χ4v) is 3.92. The zero-order chi connectivity index (χ0) is 22.7. The number of hydrogen-bond acceptors (Lipinski definition) is 9. The van der Waals surface area contributed by atoms with Gasteiger partial charge in [0.1, 0.15) is 23.8 Å². The Balaban J connectivity index is 2.08. The highest BCUT2D eigenvalue weighted by atomic mass is 16.6. The van der Waals surface area contributed by atoms with Crippen LogP contribution in [0, 0.1) is 0 Å². The Morgan fingerprint density at radius 1 is 1.32 bits per heavy atom. The Hall–Kier alpha value is -2.95. The number of nitrogens with zero attached hydrogens (tertiary/aromatic N) is 4. The van der Waals surface area contributed by atoms with Crippen molar-refractivity contribution < 1.29 is 23.8 Å². The zero-order valence-corrected chi connectivity index (χ0v) is 18.2. The summed E-state index contributed by atoms with van der Waals surface area (Å²) in [6.45, 7) is 6.98. The molecule has 3 rings (SSSR count). The number of nitrogen functional groups attached to an aromatic ring is 1. The quantitative estimate of drug-likeness (QED) is 0.611. The molecule has 1 fully saturated rings. The van der Waals surface area contributed by atoms with Crippen LogP contribution in [0.15, 0.2) is 11.0 Å². The normalized spacial score (nSPS) is 21.9. The summed E-state index contributed by atoms with van der Waals surface area (Å²) in [4.78, 5) is 44.9. The van der Waals surface area contributed by atoms with E-state index in [-0.39, 0.29) is 18.1 Å². The summed E-state index contributed by atoms with van der Waals surface area (Å²) in [7, 11) is 0. The van der Waals surface area contributed by atoms with Gasteiger partial charge in [0.25, 0.3) is 0 Å². The maximum atomic E-state index is 13.4. The number of esters is 2. The van der Waals surface area contributed by atoms with Crippen LogP contribution < -0.4 is 11.4 Å². The molecule has 2 aromatic rings. The molecule has 0 spiro atoms. The van der Waals surface area contributed by atoms with Crippen molar-refractivity contribution in [3.8, 4) is 0 Å². The Labute approximate surface area is 179 Å². The van der Waals surface area contributed by atoms with Crippen LogP contribution in [0.2, 0.25) is 0 Å². The number of hydrogen-bond donors (Lipinski definition) is 1. The topological polar surface area (TPSA) is 141 Å². The monoisotopic (exact) mass is 435 g/mol. The van der Waals surface area contributed by atoms with E-state index in [0.717, 1.165) is 12.8 Å². The largest absolute Gasteiger partial charge is 0.460 e. The van der Waals surface area contributed by atoms with Gasteiger partial charge in [-0.1, -0.05) is 20.3 Å². The second-order valence-corrected chi connectivity index (χ2v) is 7.60. The minimum absolute atomic E-state index is 0.0128. The molecule has 0 aliphatic carbocycles. The molecule has 0 aromatic carbocycles. The van der Waals surface area contributed by atoms with E-state index in [4.69, 9.17) is 19.9 Å². The number of aromatic nitrogens is 4. The van der Waals surface area contributed by atoms with Crippen LogP contribution >= 0.6 is 0 Å². The van der Waals surface area contributed by atoms with Crippen molar-refractivity contribution in [1.82, 2.24) is 19.1 Å². The lowest BCUT2D eigenvalue weighted by Crippen LogP contribution is -2.34. The van der Waals surface area contributed by atoms with Crippen molar-refractivity contribution in [1.29, 1.82) is 0 Å². The van der Waals surface area contributed by atoms with Gasteiger partial charge in [0.15, 0.2) is 11.9 Å². The number of fused-ring (bicyclic) bond motifs is 1. The molecule has 2 N–H and O–H groups in total. The lowest BCUT2D eigenvalue weighted by molar-refractivity contribution is -0.158. The molecule has 0 saturated carbocycles. The van der Waals surface area contributed by atoms with Crippen LogP contribution in [-0.4, -0.2) is 49.4 Å². The van der Waals surface area contributed by atoms with Crippen molar-refractivity contribution in [3.63, 3.8) is 0 Å². The molecule has 11 nitrogen and oxygen atoms in total. The summed E-state index contributed by atoms with van der Waals surface area (Å²) in [6, 6.07) is 0. The molecule has 3 heterocycles. The van der Waals surface area contributed by atoms with Gasteiger partial charge >= 0.3 is 17.6 Å². The fraction of sp³-hybridized carbons (Fsp3) is 0.650. The zero-order valence-electron chi connectivity index (χ0n) is 18.2. The lowest BCUT2D eigenvalue weighted by atomic mass is 10.1. The number of imidazole rings is 1. The Kier molecular flexibility index (Phi) is 6.94. The van der Waals surface area contributed by atoms with Gasteiger partial charge in [0.05, 0.1) is 6.20 Å². The van der Waals surface area contributed by atoms with E-state index in [1.165, 1.54) is 24.6 Å². The van der Waals surface area contributed by atoms with E-state index in [1.807, 2.05) is 13.8 Å². The highest BCUT2D eigenvalue weighted by Gasteiger charge is 2.44. The van der Waals surface area contributed by atoms with Gasteiger partial charge in [-0.25, -0.2) is 14.3 Å². The van der Waals surface area contributed by atoms with Gasteiger partial charge in [-0.05, 0) is 12.8 Å². The summed E-state index contributed by atoms with van der Waals surface area (Å²) < 4.78 is 19.9. The highest BCUT2D eigenvalue weighted by molar-refractivity contribution is 5.72. The predicted molar refractivity (Wildman–Crippen MR) is 111 cm³/mol. The van der Waals surface area contributed by atoms with Crippen LogP contribution in [0.5, 0.6) is 0 Å². The molecule has 1 saturated heterocycles. The summed E-state index contributed by atoms with van der Waals surface area (Å²) in [5.74, 6) is -0.924. The summed E-state index contributed by atoms with van der Waals surface area (Å²) in [6.07, 6.45) is 1.18. The van der Waals surface area contributed by atoms with Gasteiger partial charge in [-0.2, -0.15) is 4.98 Å². The molecular weight excluding hydrogens is 406 g/mol. The minimum atomic E-state index is -0.939. The molecule has 1 aliphatic rings. The second-order valence-electron chi connectivity index (χ2n) is 7.60. The van der Waals surface area contributed by atoms with Crippen molar-refractivity contribution in [3.05, 3.63) is 16.7 Å². The van der Waals surface area contributed by atoms with Crippen molar-refractivity contribution in [2.24, 2.45) is 0 Å². The summed E-state index contributed by atoms with van der Waals surface area (Å²) in [5, 5.41) is 0. The first kappa shape index (κ1) is 22.7. The summed E-state index contributed by atoms with van der Waals surface area (Å²) in [5.41, 5.74) is 6.26. The molecule has 0 radical (unpaired) electrons. The molecule has 2 aromatic heterocycles. The van der Waals surface area contributed by atoms with Crippen molar-refractivity contribution in [2.45, 2.75) is 84.5 Å². The molecular formula is C20H29N5O6. The Morgan fingerprint density at radius 2 is 2.06 bits per heavy atom. The number of carbonyl (C=O) groups excluding carboxylic acids is 2. The Morgan fingerprint density at radius 3 is 2.68 bits per heavy atom. The van der Waals surface area contributed by atoms with Crippen LogP contribution in [0.4, 0.5) is 5.95 Å². The SMILES string of the molecule is CCCCn1c(=O)n([C@@H]2O[C@H]([C@H](CC)OC(C)=O)C[C@H]2OC(C)=O)c2nc(N)ncc21. The molecule has 0 unspecified atom stereocenters. The number of aryl methyl sites for hydroxylation is 1. The molecule has 31 heavy (non-hydrogen) atoms. The van der Waals surface area contributed by atoms with Gasteiger partial charge in [0, 0.05) is 26.8 Å². The van der Waals surface area contributed by atoms with Gasteiger partial charge < -0.3 is 19.9 Å². The van der Waals surface area contributed by atoms with E-state index in [1.54, 1.807) is 4.57 Å². The second kappa shape index (κ2) is 9.46. The van der Waals surface area contributed by atoms with Crippen LogP contribution in [0.1, 0.15) is 59.6 Å². The number of ether oxygens (including phenoxy) is 3. The summed E-state index contributed by atoms with van der Waals surface area (Å²) >= 11 is 0. The van der Waals surface area contributed by atoms with Gasteiger partial charge in [-0.3, -0.25) is 14.2 Å². The molecule has 11 heteroatoms. The Bertz CT molecular complexity index is 1020. The predicted octanol–water partition coefficient (Wildman–Crippen LogP) is 1.54. The van der Waals surface area contributed by atoms with E-state index < -0.39 is 36.5 Å².